The third kappa shape index (κ3) is 4.07. The highest BCUT2D eigenvalue weighted by atomic mass is 19.1. The van der Waals surface area contributed by atoms with E-state index in [2.05, 4.69) is 29.1 Å². The molecular formula is C17H22FN3O. The highest BCUT2D eigenvalue weighted by Crippen LogP contribution is 2.18. The molecule has 1 unspecified atom stereocenters. The number of carbonyl (C=O) groups is 1. The van der Waals surface area contributed by atoms with Gasteiger partial charge in [0.2, 0.25) is 0 Å². The molecule has 0 fully saturated rings. The Bertz CT molecular complexity index is 635. The van der Waals surface area contributed by atoms with E-state index in [0.29, 0.717) is 17.3 Å². The maximum atomic E-state index is 13.4. The van der Waals surface area contributed by atoms with Crippen molar-refractivity contribution < 1.29 is 9.18 Å². The number of hydrogen-bond acceptors (Lipinski definition) is 4. The van der Waals surface area contributed by atoms with Crippen molar-refractivity contribution in [2.24, 2.45) is 15.9 Å². The van der Waals surface area contributed by atoms with Crippen LogP contribution in [0.5, 0.6) is 0 Å². The Morgan fingerprint density at radius 2 is 2.14 bits per heavy atom. The Labute approximate surface area is 130 Å². The number of rotatable bonds is 6. The number of ketones is 1. The van der Waals surface area contributed by atoms with Crippen LogP contribution in [0.1, 0.15) is 38.3 Å². The van der Waals surface area contributed by atoms with E-state index in [1.165, 1.54) is 13.0 Å². The summed E-state index contributed by atoms with van der Waals surface area (Å²) in [7, 11) is 0. The molecule has 0 saturated carbocycles. The lowest BCUT2D eigenvalue weighted by atomic mass is 10.1. The van der Waals surface area contributed by atoms with E-state index in [-0.39, 0.29) is 24.3 Å². The summed E-state index contributed by atoms with van der Waals surface area (Å²) in [6.45, 7) is 7.75. The van der Waals surface area contributed by atoms with Gasteiger partial charge >= 0.3 is 0 Å². The number of amidine groups is 1. The zero-order chi connectivity index (χ0) is 16.3. The molecule has 0 aromatic heterocycles. The molecule has 1 aromatic rings. The van der Waals surface area contributed by atoms with E-state index in [0.717, 1.165) is 17.7 Å². The van der Waals surface area contributed by atoms with Gasteiger partial charge in [0.1, 0.15) is 17.8 Å². The maximum absolute atomic E-state index is 13.4. The predicted molar refractivity (Wildman–Crippen MR) is 87.0 cm³/mol. The second-order valence-electron chi connectivity index (χ2n) is 6.10. The minimum absolute atomic E-state index is 0.0603. The van der Waals surface area contributed by atoms with Crippen LogP contribution >= 0.6 is 0 Å². The number of carbonyl (C=O) groups excluding carboxylic acids is 1. The van der Waals surface area contributed by atoms with E-state index in [4.69, 9.17) is 0 Å². The molecule has 0 bridgehead atoms. The van der Waals surface area contributed by atoms with Crippen LogP contribution < -0.4 is 5.32 Å². The summed E-state index contributed by atoms with van der Waals surface area (Å²) in [5.74, 6) is 0.870. The molecule has 1 aliphatic heterocycles. The first-order valence-electron chi connectivity index (χ1n) is 7.51. The molecule has 1 aliphatic rings. The minimum Gasteiger partial charge on any atom is -0.299 e. The Morgan fingerprint density at radius 1 is 1.41 bits per heavy atom. The molecule has 2 rings (SSSR count). The first kappa shape index (κ1) is 16.5. The van der Waals surface area contributed by atoms with Crippen LogP contribution in [0, 0.1) is 18.7 Å². The molecule has 0 spiro atoms. The fourth-order valence-corrected chi connectivity index (χ4v) is 2.33. The second-order valence-corrected chi connectivity index (χ2v) is 6.10. The lowest BCUT2D eigenvalue weighted by molar-refractivity contribution is -0.116. The lowest BCUT2D eigenvalue weighted by Gasteiger charge is -2.13. The summed E-state index contributed by atoms with van der Waals surface area (Å²) in [5, 5.41) is 3.12. The average molecular weight is 303 g/mol. The largest absolute Gasteiger partial charge is 0.299 e. The van der Waals surface area contributed by atoms with Gasteiger partial charge < -0.3 is 0 Å². The number of nitrogens with zero attached hydrogens (tertiary/aromatic N) is 2. The smallest absolute Gasteiger partial charge is 0.156 e. The standard InChI is InChI=1S/C17H22FN3O/c1-10(2)7-15-17(19-9-12(4)22)21-16(20-15)13-5-6-14(18)11(3)8-13/h5-6,8,10,17,19H,7,9H2,1-4H3. The third-order valence-electron chi connectivity index (χ3n) is 3.39. The fourth-order valence-electron chi connectivity index (χ4n) is 2.33. The quantitative estimate of drug-likeness (QED) is 0.878. The predicted octanol–water partition coefficient (Wildman–Crippen LogP) is 2.89. The van der Waals surface area contributed by atoms with E-state index < -0.39 is 0 Å². The first-order valence-corrected chi connectivity index (χ1v) is 7.51. The van der Waals surface area contributed by atoms with Crippen LogP contribution in [0.25, 0.3) is 0 Å². The molecule has 1 N–H and O–H groups in total. The Morgan fingerprint density at radius 3 is 2.73 bits per heavy atom. The number of nitrogens with one attached hydrogen (secondary N) is 1. The summed E-state index contributed by atoms with van der Waals surface area (Å²) >= 11 is 0. The highest BCUT2D eigenvalue weighted by molar-refractivity contribution is 6.13. The number of aryl methyl sites for hydroxylation is 1. The molecule has 5 heteroatoms. The Hall–Kier alpha value is -1.88. The topological polar surface area (TPSA) is 53.8 Å². The van der Waals surface area contributed by atoms with Gasteiger partial charge in [-0.25, -0.2) is 14.4 Å². The summed E-state index contributed by atoms with van der Waals surface area (Å²) in [6.07, 6.45) is 0.537. The monoisotopic (exact) mass is 303 g/mol. The lowest BCUT2D eigenvalue weighted by Crippen LogP contribution is -2.36. The van der Waals surface area contributed by atoms with Crippen LogP contribution in [0.15, 0.2) is 28.2 Å². The van der Waals surface area contributed by atoms with Gasteiger partial charge in [0.25, 0.3) is 0 Å². The van der Waals surface area contributed by atoms with Crippen molar-refractivity contribution in [1.82, 2.24) is 5.32 Å². The maximum Gasteiger partial charge on any atom is 0.156 e. The van der Waals surface area contributed by atoms with Gasteiger partial charge in [-0.05, 0) is 49.9 Å². The van der Waals surface area contributed by atoms with Gasteiger partial charge in [-0.2, -0.15) is 0 Å². The molecule has 4 nitrogen and oxygen atoms in total. The van der Waals surface area contributed by atoms with Crippen molar-refractivity contribution in [2.75, 3.05) is 6.54 Å². The van der Waals surface area contributed by atoms with Crippen LogP contribution in [0.3, 0.4) is 0 Å². The zero-order valence-corrected chi connectivity index (χ0v) is 13.5. The van der Waals surface area contributed by atoms with Crippen molar-refractivity contribution in [1.29, 1.82) is 0 Å². The molecule has 118 valence electrons. The molecule has 1 heterocycles. The SMILES string of the molecule is CC(=O)CNC1N=C(c2ccc(F)c(C)c2)N=C1CC(C)C. The number of halogens is 1. The summed E-state index contributed by atoms with van der Waals surface area (Å²) in [4.78, 5) is 20.3. The normalized spacial score (nSPS) is 17.6. The van der Waals surface area contributed by atoms with Crippen LogP contribution in [-0.2, 0) is 4.79 Å². The molecule has 22 heavy (non-hydrogen) atoms. The average Bonchev–Trinajstić information content (AvgIpc) is 2.82. The van der Waals surface area contributed by atoms with Gasteiger partial charge in [-0.1, -0.05) is 13.8 Å². The van der Waals surface area contributed by atoms with E-state index in [1.807, 2.05) is 0 Å². The van der Waals surface area contributed by atoms with Crippen molar-refractivity contribution in [3.63, 3.8) is 0 Å². The Balaban J connectivity index is 2.25. The van der Waals surface area contributed by atoms with Crippen molar-refractivity contribution in [3.05, 3.63) is 35.1 Å². The van der Waals surface area contributed by atoms with Gasteiger partial charge in [0.15, 0.2) is 5.84 Å². The number of benzene rings is 1. The zero-order valence-electron chi connectivity index (χ0n) is 13.5. The first-order chi connectivity index (χ1) is 10.4. The highest BCUT2D eigenvalue weighted by Gasteiger charge is 2.24. The van der Waals surface area contributed by atoms with Gasteiger partial charge in [0.05, 0.1) is 12.3 Å². The van der Waals surface area contributed by atoms with Crippen LogP contribution in [-0.4, -0.2) is 30.0 Å². The van der Waals surface area contributed by atoms with E-state index in [9.17, 15) is 9.18 Å². The third-order valence-corrected chi connectivity index (χ3v) is 3.39. The molecule has 0 saturated heterocycles. The van der Waals surface area contributed by atoms with Gasteiger partial charge in [-0.3, -0.25) is 10.1 Å². The van der Waals surface area contributed by atoms with Crippen molar-refractivity contribution >= 4 is 17.3 Å². The fraction of sp³-hybridized carbons (Fsp3) is 0.471. The second kappa shape index (κ2) is 6.92. The molecule has 0 aliphatic carbocycles. The number of aliphatic imine (C=N–C) groups is 2. The van der Waals surface area contributed by atoms with Gasteiger partial charge in [-0.15, -0.1) is 0 Å². The Kier molecular flexibility index (Phi) is 5.19. The number of Topliss-reactive ketones (excluding diaryl/α,β-unsaturated/α-hetero) is 1. The number of hydrogen-bond donors (Lipinski definition) is 1. The van der Waals surface area contributed by atoms with Crippen molar-refractivity contribution in [3.8, 4) is 0 Å². The van der Waals surface area contributed by atoms with E-state index >= 15 is 0 Å². The van der Waals surface area contributed by atoms with Crippen molar-refractivity contribution in [2.45, 2.75) is 40.3 Å². The summed E-state index contributed by atoms with van der Waals surface area (Å²) in [5.41, 5.74) is 2.29. The molecule has 0 radical (unpaired) electrons. The summed E-state index contributed by atoms with van der Waals surface area (Å²) in [6, 6.07) is 4.87. The van der Waals surface area contributed by atoms with E-state index in [1.54, 1.807) is 19.1 Å². The molecule has 1 atom stereocenters. The summed E-state index contributed by atoms with van der Waals surface area (Å²) < 4.78 is 13.4. The van der Waals surface area contributed by atoms with Crippen LogP contribution in [0.2, 0.25) is 0 Å². The minimum atomic E-state index is -0.272. The molecular weight excluding hydrogens is 281 g/mol. The molecule has 1 aromatic carbocycles. The molecule has 0 amide bonds. The van der Waals surface area contributed by atoms with Gasteiger partial charge in [0, 0.05) is 5.56 Å². The van der Waals surface area contributed by atoms with Crippen LogP contribution in [0.4, 0.5) is 4.39 Å².